The number of pyridine rings is 1. The van der Waals surface area contributed by atoms with Crippen LogP contribution in [0.4, 0.5) is 0 Å². The number of hydrogen-bond acceptors (Lipinski definition) is 1. The fourth-order valence-electron chi connectivity index (χ4n) is 6.13. The van der Waals surface area contributed by atoms with Crippen LogP contribution in [0.15, 0.2) is 60.8 Å². The van der Waals surface area contributed by atoms with E-state index < -0.39 is 0 Å². The molecular formula is C30H33N. The fraction of sp³-hybridized carbons (Fsp3) is 0.367. The van der Waals surface area contributed by atoms with Crippen LogP contribution in [0.2, 0.25) is 0 Å². The maximum atomic E-state index is 4.92. The molecule has 4 aromatic rings. The number of benzene rings is 3. The second-order valence-corrected chi connectivity index (χ2v) is 11.7. The molecule has 158 valence electrons. The lowest BCUT2D eigenvalue weighted by molar-refractivity contribution is 0.404. The highest BCUT2D eigenvalue weighted by molar-refractivity contribution is 6.00. The monoisotopic (exact) mass is 407 g/mol. The van der Waals surface area contributed by atoms with Gasteiger partial charge in [-0.15, -0.1) is 0 Å². The van der Waals surface area contributed by atoms with Gasteiger partial charge in [-0.3, -0.25) is 4.98 Å². The van der Waals surface area contributed by atoms with E-state index in [1.165, 1.54) is 50.2 Å². The van der Waals surface area contributed by atoms with Crippen molar-refractivity contribution in [3.05, 3.63) is 77.5 Å². The minimum atomic E-state index is 0.0630. The summed E-state index contributed by atoms with van der Waals surface area (Å²) in [6.07, 6.45) is 3.18. The van der Waals surface area contributed by atoms with E-state index >= 15 is 0 Å². The average Bonchev–Trinajstić information content (AvgIpc) is 2.89. The molecule has 1 nitrogen and oxygen atoms in total. The summed E-state index contributed by atoms with van der Waals surface area (Å²) >= 11 is 0. The largest absolute Gasteiger partial charge is 0.256 e. The van der Waals surface area contributed by atoms with Gasteiger partial charge in [0.05, 0.1) is 5.69 Å². The summed E-state index contributed by atoms with van der Waals surface area (Å²) in [7, 11) is 0. The van der Waals surface area contributed by atoms with E-state index in [0.29, 0.717) is 0 Å². The predicted octanol–water partition coefficient (Wildman–Crippen LogP) is 8.31. The summed E-state index contributed by atoms with van der Waals surface area (Å²) in [4.78, 5) is 4.92. The molecule has 0 aliphatic heterocycles. The Morgan fingerprint density at radius 3 is 2.26 bits per heavy atom. The molecule has 1 aliphatic carbocycles. The first kappa shape index (κ1) is 20.2. The molecule has 0 saturated heterocycles. The Morgan fingerprint density at radius 1 is 0.774 bits per heavy atom. The molecule has 0 fully saturated rings. The van der Waals surface area contributed by atoms with Crippen molar-refractivity contribution in [1.82, 2.24) is 4.98 Å². The second-order valence-electron chi connectivity index (χ2n) is 11.7. The highest BCUT2D eigenvalue weighted by Gasteiger charge is 2.42. The van der Waals surface area contributed by atoms with E-state index in [1.54, 1.807) is 0 Å². The van der Waals surface area contributed by atoms with Gasteiger partial charge in [0.2, 0.25) is 0 Å². The van der Waals surface area contributed by atoms with Crippen molar-refractivity contribution < 1.29 is 0 Å². The van der Waals surface area contributed by atoms with Crippen LogP contribution >= 0.6 is 0 Å². The summed E-state index contributed by atoms with van der Waals surface area (Å²) in [6, 6.07) is 20.3. The van der Waals surface area contributed by atoms with Crippen molar-refractivity contribution in [2.24, 2.45) is 0 Å². The van der Waals surface area contributed by atoms with Gasteiger partial charge in [0.15, 0.2) is 0 Å². The molecule has 5 rings (SSSR count). The van der Waals surface area contributed by atoms with Crippen molar-refractivity contribution in [1.29, 1.82) is 0 Å². The van der Waals surface area contributed by atoms with Crippen LogP contribution in [0.5, 0.6) is 0 Å². The molecule has 1 heteroatoms. The Bertz CT molecular complexity index is 1330. The van der Waals surface area contributed by atoms with Crippen LogP contribution in [0.1, 0.15) is 71.6 Å². The maximum Gasteiger partial charge on any atom is 0.0780 e. The summed E-state index contributed by atoms with van der Waals surface area (Å²) in [5.41, 5.74) is 7.12. The molecule has 1 heterocycles. The maximum absolute atomic E-state index is 4.92. The molecule has 0 atom stereocenters. The third kappa shape index (κ3) is 3.09. The Labute approximate surface area is 186 Å². The van der Waals surface area contributed by atoms with Gasteiger partial charge in [0.25, 0.3) is 0 Å². The third-order valence-electron chi connectivity index (χ3n) is 7.18. The van der Waals surface area contributed by atoms with E-state index in [-0.39, 0.29) is 16.2 Å². The Hall–Kier alpha value is -2.67. The van der Waals surface area contributed by atoms with Crippen LogP contribution in [0, 0.1) is 0 Å². The number of hydrogen-bond donors (Lipinski definition) is 0. The highest BCUT2D eigenvalue weighted by Crippen LogP contribution is 2.52. The van der Waals surface area contributed by atoms with Crippen LogP contribution in [0.3, 0.4) is 0 Å². The number of nitrogens with zero attached hydrogens (tertiary/aromatic N) is 1. The number of aromatic nitrogens is 1. The van der Waals surface area contributed by atoms with Gasteiger partial charge in [-0.1, -0.05) is 84.9 Å². The van der Waals surface area contributed by atoms with Gasteiger partial charge in [0.1, 0.15) is 0 Å². The topological polar surface area (TPSA) is 12.9 Å². The van der Waals surface area contributed by atoms with Crippen molar-refractivity contribution in [3.63, 3.8) is 0 Å². The van der Waals surface area contributed by atoms with Gasteiger partial charge in [-0.2, -0.15) is 0 Å². The van der Waals surface area contributed by atoms with Gasteiger partial charge in [-0.05, 0) is 73.7 Å². The zero-order valence-electron chi connectivity index (χ0n) is 19.9. The molecule has 1 aliphatic rings. The molecule has 1 aromatic heterocycles. The Morgan fingerprint density at radius 2 is 1.52 bits per heavy atom. The molecule has 0 amide bonds. The average molecular weight is 408 g/mol. The molecule has 0 saturated carbocycles. The zero-order chi connectivity index (χ0) is 22.2. The lowest BCUT2D eigenvalue weighted by Gasteiger charge is -2.24. The number of fused-ring (bicyclic) bond motifs is 4. The molecule has 0 bridgehead atoms. The minimum Gasteiger partial charge on any atom is -0.256 e. The fourth-order valence-corrected chi connectivity index (χ4v) is 6.13. The van der Waals surface area contributed by atoms with Crippen molar-refractivity contribution in [2.45, 2.75) is 71.1 Å². The van der Waals surface area contributed by atoms with E-state index in [9.17, 15) is 0 Å². The summed E-state index contributed by atoms with van der Waals surface area (Å²) < 4.78 is 0. The highest BCUT2D eigenvalue weighted by atomic mass is 14.7. The molecule has 31 heavy (non-hydrogen) atoms. The van der Waals surface area contributed by atoms with Gasteiger partial charge in [-0.25, -0.2) is 0 Å². The summed E-state index contributed by atoms with van der Waals surface area (Å²) in [5.74, 6) is 0. The molecule has 0 unspecified atom stereocenters. The van der Waals surface area contributed by atoms with Gasteiger partial charge < -0.3 is 0 Å². The predicted molar refractivity (Wildman–Crippen MR) is 134 cm³/mol. The standard InChI is InChI=1S/C30H33N/c1-28(2,3)25-17-20(16-19-10-8-9-11-21(19)25)27-23-12-13-24-26(22(23)14-15-31-27)30(6,7)18-29(24,4)5/h8-17H,18H2,1-7H3. The van der Waals surface area contributed by atoms with Gasteiger partial charge >= 0.3 is 0 Å². The normalized spacial score (nSPS) is 17.3. The minimum absolute atomic E-state index is 0.0630. The van der Waals surface area contributed by atoms with E-state index in [4.69, 9.17) is 4.98 Å². The first-order chi connectivity index (χ1) is 14.5. The molecular weight excluding hydrogens is 374 g/mol. The molecule has 0 radical (unpaired) electrons. The van der Waals surface area contributed by atoms with Crippen LogP contribution in [0.25, 0.3) is 32.8 Å². The SMILES string of the molecule is CC(C)(C)c1cc(-c2nccc3c4c(ccc23)C(C)(C)CC4(C)C)cc2ccccc12. The number of rotatable bonds is 1. The Kier molecular flexibility index (Phi) is 4.19. The molecule has 0 spiro atoms. The van der Waals surface area contributed by atoms with E-state index in [1.807, 2.05) is 6.20 Å². The smallest absolute Gasteiger partial charge is 0.0780 e. The van der Waals surface area contributed by atoms with Crippen molar-refractivity contribution >= 4 is 21.5 Å². The van der Waals surface area contributed by atoms with Crippen molar-refractivity contribution in [3.8, 4) is 11.3 Å². The third-order valence-corrected chi connectivity index (χ3v) is 7.18. The quantitative estimate of drug-likeness (QED) is 0.309. The lowest BCUT2D eigenvalue weighted by atomic mass is 9.81. The summed E-state index contributed by atoms with van der Waals surface area (Å²) in [6.45, 7) is 16.5. The van der Waals surface area contributed by atoms with Crippen LogP contribution in [-0.4, -0.2) is 4.98 Å². The molecule has 3 aromatic carbocycles. The van der Waals surface area contributed by atoms with E-state index in [2.05, 4.69) is 103 Å². The zero-order valence-corrected chi connectivity index (χ0v) is 19.9. The van der Waals surface area contributed by atoms with Crippen LogP contribution < -0.4 is 0 Å². The van der Waals surface area contributed by atoms with E-state index in [0.717, 1.165) is 5.69 Å². The Balaban J connectivity index is 1.83. The van der Waals surface area contributed by atoms with Gasteiger partial charge in [0, 0.05) is 17.1 Å². The first-order valence-corrected chi connectivity index (χ1v) is 11.5. The first-order valence-electron chi connectivity index (χ1n) is 11.5. The summed E-state index contributed by atoms with van der Waals surface area (Å²) in [5, 5.41) is 5.25. The molecule has 0 N–H and O–H groups in total. The van der Waals surface area contributed by atoms with Crippen LogP contribution in [-0.2, 0) is 16.2 Å². The second kappa shape index (κ2) is 6.42. The lowest BCUT2D eigenvalue weighted by Crippen LogP contribution is -2.18. The van der Waals surface area contributed by atoms with Crippen molar-refractivity contribution in [2.75, 3.05) is 0 Å².